The van der Waals surface area contributed by atoms with Gasteiger partial charge in [0.25, 0.3) is 0 Å². The van der Waals surface area contributed by atoms with E-state index in [1.807, 2.05) is 41.4 Å². The fourth-order valence-corrected chi connectivity index (χ4v) is 1.95. The second kappa shape index (κ2) is 3.59. The van der Waals surface area contributed by atoms with E-state index in [-0.39, 0.29) is 0 Å². The Morgan fingerprint density at radius 2 is 2.18 bits per heavy atom. The first-order valence-corrected chi connectivity index (χ1v) is 5.38. The molecular formula is C13H11N3O. The molecule has 4 nitrogen and oxygen atoms in total. The predicted octanol–water partition coefficient (Wildman–Crippen LogP) is -0.374. The van der Waals surface area contributed by atoms with E-state index in [0.717, 1.165) is 16.4 Å². The van der Waals surface area contributed by atoms with Gasteiger partial charge in [-0.2, -0.15) is 0 Å². The van der Waals surface area contributed by atoms with Crippen LogP contribution in [-0.4, -0.2) is 17.4 Å². The minimum Gasteiger partial charge on any atom is -0.366 e. The van der Waals surface area contributed by atoms with Gasteiger partial charge in [0.15, 0.2) is 0 Å². The topological polar surface area (TPSA) is 58.7 Å². The first kappa shape index (κ1) is 9.84. The molecule has 0 aromatic heterocycles. The first-order chi connectivity index (χ1) is 8.24. The van der Waals surface area contributed by atoms with Gasteiger partial charge in [0.05, 0.1) is 5.36 Å². The number of hydrogen-bond donors (Lipinski definition) is 1. The largest absolute Gasteiger partial charge is 0.366 e. The van der Waals surface area contributed by atoms with Crippen LogP contribution in [0, 0.1) is 0 Å². The normalized spacial score (nSPS) is 16.8. The van der Waals surface area contributed by atoms with Gasteiger partial charge in [-0.25, -0.2) is 4.99 Å². The third kappa shape index (κ3) is 1.63. The molecule has 0 radical (unpaired) electrons. The number of primary amides is 1. The van der Waals surface area contributed by atoms with E-state index in [0.29, 0.717) is 12.1 Å². The Bertz CT molecular complexity index is 670. The van der Waals surface area contributed by atoms with E-state index >= 15 is 0 Å². The molecule has 1 aromatic carbocycles. The van der Waals surface area contributed by atoms with Crippen LogP contribution in [0.5, 0.6) is 0 Å². The molecule has 0 bridgehead atoms. The Balaban J connectivity index is 2.15. The van der Waals surface area contributed by atoms with Crippen molar-refractivity contribution in [3.05, 3.63) is 58.4 Å². The Morgan fingerprint density at radius 1 is 1.35 bits per heavy atom. The van der Waals surface area contributed by atoms with Crippen LogP contribution in [0.4, 0.5) is 0 Å². The molecule has 1 amide bonds. The Morgan fingerprint density at radius 3 is 3.00 bits per heavy atom. The molecule has 2 aliphatic heterocycles. The number of nitrogens with two attached hydrogens (primary N) is 1. The number of nitrogens with zero attached hydrogens (tertiary/aromatic N) is 2. The van der Waals surface area contributed by atoms with Crippen LogP contribution in [0.3, 0.4) is 0 Å². The second-order valence-electron chi connectivity index (χ2n) is 3.98. The van der Waals surface area contributed by atoms with Crippen LogP contribution in [-0.2, 0) is 4.79 Å². The summed E-state index contributed by atoms with van der Waals surface area (Å²) >= 11 is 0. The van der Waals surface area contributed by atoms with Crippen LogP contribution in [0.1, 0.15) is 0 Å². The molecule has 3 rings (SSSR count). The van der Waals surface area contributed by atoms with Crippen molar-refractivity contribution in [1.82, 2.24) is 4.90 Å². The molecule has 2 aliphatic rings. The molecule has 1 aromatic rings. The smallest absolute Gasteiger partial charge is 0.248 e. The van der Waals surface area contributed by atoms with Crippen molar-refractivity contribution in [2.45, 2.75) is 0 Å². The number of rotatable bonds is 1. The minimum absolute atomic E-state index is 0.411. The van der Waals surface area contributed by atoms with E-state index < -0.39 is 5.91 Å². The fraction of sp³-hybridized carbons (Fsp3) is 0.0769. The summed E-state index contributed by atoms with van der Waals surface area (Å²) in [6.45, 7) is 0.627. The van der Waals surface area contributed by atoms with E-state index in [4.69, 9.17) is 5.73 Å². The van der Waals surface area contributed by atoms with Gasteiger partial charge in [0.1, 0.15) is 5.82 Å². The van der Waals surface area contributed by atoms with Crippen LogP contribution in [0.2, 0.25) is 0 Å². The molecule has 0 saturated heterocycles. The van der Waals surface area contributed by atoms with Crippen molar-refractivity contribution in [1.29, 1.82) is 0 Å². The monoisotopic (exact) mass is 225 g/mol. The van der Waals surface area contributed by atoms with Gasteiger partial charge in [-0.3, -0.25) is 4.79 Å². The van der Waals surface area contributed by atoms with Crippen molar-refractivity contribution in [2.75, 3.05) is 6.54 Å². The highest BCUT2D eigenvalue weighted by Gasteiger charge is 2.16. The maximum atomic E-state index is 11.1. The molecule has 0 aliphatic carbocycles. The molecule has 84 valence electrons. The third-order valence-corrected chi connectivity index (χ3v) is 2.84. The lowest BCUT2D eigenvalue weighted by Crippen LogP contribution is -2.36. The Hall–Kier alpha value is -2.36. The molecule has 2 N–H and O–H groups in total. The summed E-state index contributed by atoms with van der Waals surface area (Å²) in [5, 5.41) is 2.00. The van der Waals surface area contributed by atoms with Crippen LogP contribution in [0.25, 0.3) is 6.20 Å². The number of benzene rings is 1. The van der Waals surface area contributed by atoms with Gasteiger partial charge >= 0.3 is 0 Å². The number of hydrogen-bond acceptors (Lipinski definition) is 3. The number of amides is 1. The molecule has 4 heteroatoms. The number of carbonyl (C=O) groups is 1. The molecule has 0 unspecified atom stereocenters. The van der Waals surface area contributed by atoms with Gasteiger partial charge < -0.3 is 10.6 Å². The molecule has 0 saturated carbocycles. The molecule has 2 heterocycles. The predicted molar refractivity (Wildman–Crippen MR) is 63.8 cm³/mol. The summed E-state index contributed by atoms with van der Waals surface area (Å²) in [7, 11) is 0. The number of carbonyl (C=O) groups excluding carboxylic acids is 1. The Kier molecular flexibility index (Phi) is 2.08. The van der Waals surface area contributed by atoms with E-state index in [1.54, 1.807) is 6.08 Å². The SMILES string of the molecule is NC(=O)C1=CCN2C=c3ccccc3=NC2=C1. The zero-order chi connectivity index (χ0) is 11.8. The highest BCUT2D eigenvalue weighted by atomic mass is 16.1. The second-order valence-corrected chi connectivity index (χ2v) is 3.98. The highest BCUT2D eigenvalue weighted by molar-refractivity contribution is 5.95. The summed E-state index contributed by atoms with van der Waals surface area (Å²) in [4.78, 5) is 17.6. The molecule has 0 spiro atoms. The maximum Gasteiger partial charge on any atom is 0.248 e. The lowest BCUT2D eigenvalue weighted by atomic mass is 10.1. The molecule has 0 fully saturated rings. The minimum atomic E-state index is -0.411. The van der Waals surface area contributed by atoms with Gasteiger partial charge in [-0.1, -0.05) is 24.3 Å². The molecule has 0 atom stereocenters. The van der Waals surface area contributed by atoms with Crippen molar-refractivity contribution in [3.8, 4) is 0 Å². The molecular weight excluding hydrogens is 214 g/mol. The summed E-state index contributed by atoms with van der Waals surface area (Å²) in [5.74, 6) is 0.353. The van der Waals surface area contributed by atoms with E-state index in [1.165, 1.54) is 0 Å². The van der Waals surface area contributed by atoms with Crippen molar-refractivity contribution in [3.63, 3.8) is 0 Å². The van der Waals surface area contributed by atoms with Gasteiger partial charge in [-0.05, 0) is 12.1 Å². The fourth-order valence-electron chi connectivity index (χ4n) is 1.95. The van der Waals surface area contributed by atoms with Crippen LogP contribution < -0.4 is 16.3 Å². The number of fused-ring (bicyclic) bond motifs is 2. The summed E-state index contributed by atoms with van der Waals surface area (Å²) in [6.07, 6.45) is 5.56. The third-order valence-electron chi connectivity index (χ3n) is 2.84. The molecule has 17 heavy (non-hydrogen) atoms. The van der Waals surface area contributed by atoms with E-state index in [9.17, 15) is 4.79 Å². The van der Waals surface area contributed by atoms with Gasteiger partial charge in [0.2, 0.25) is 5.91 Å². The van der Waals surface area contributed by atoms with Gasteiger partial charge in [0, 0.05) is 23.5 Å². The van der Waals surface area contributed by atoms with Crippen molar-refractivity contribution >= 4 is 12.1 Å². The zero-order valence-corrected chi connectivity index (χ0v) is 9.13. The quantitative estimate of drug-likeness (QED) is 0.708. The standard InChI is InChI=1S/C13H11N3O/c14-13(17)9-5-6-16-8-10-3-1-2-4-11(10)15-12(16)7-9/h1-5,7-8H,6H2,(H2,14,17). The van der Waals surface area contributed by atoms with Crippen LogP contribution >= 0.6 is 0 Å². The van der Waals surface area contributed by atoms with Crippen LogP contribution in [0.15, 0.2) is 52.8 Å². The summed E-state index contributed by atoms with van der Waals surface area (Å²) in [5.41, 5.74) is 5.78. The average molecular weight is 225 g/mol. The lowest BCUT2D eigenvalue weighted by molar-refractivity contribution is -0.114. The maximum absolute atomic E-state index is 11.1. The Labute approximate surface area is 98.1 Å². The lowest BCUT2D eigenvalue weighted by Gasteiger charge is -2.25. The van der Waals surface area contributed by atoms with Crippen molar-refractivity contribution < 1.29 is 4.79 Å². The average Bonchev–Trinajstić information content (AvgIpc) is 2.35. The zero-order valence-electron chi connectivity index (χ0n) is 9.13. The number of para-hydroxylation sites is 1. The van der Waals surface area contributed by atoms with Crippen molar-refractivity contribution in [2.24, 2.45) is 10.7 Å². The van der Waals surface area contributed by atoms with Gasteiger partial charge in [-0.15, -0.1) is 0 Å². The first-order valence-electron chi connectivity index (χ1n) is 5.38. The summed E-state index contributed by atoms with van der Waals surface area (Å²) in [6, 6.07) is 7.89. The summed E-state index contributed by atoms with van der Waals surface area (Å²) < 4.78 is 0. The highest BCUT2D eigenvalue weighted by Crippen LogP contribution is 2.16. The van der Waals surface area contributed by atoms with E-state index in [2.05, 4.69) is 4.99 Å².